The molecule has 3 aromatic rings. The van der Waals surface area contributed by atoms with Gasteiger partial charge in [-0.1, -0.05) is 41.9 Å². The van der Waals surface area contributed by atoms with Gasteiger partial charge in [-0.05, 0) is 49.2 Å². The van der Waals surface area contributed by atoms with Crippen molar-refractivity contribution in [2.45, 2.75) is 12.8 Å². The van der Waals surface area contributed by atoms with E-state index in [-0.39, 0.29) is 23.5 Å². The number of carbonyl (C=O) groups excluding carboxylic acids is 2. The molecule has 1 atom stereocenters. The minimum absolute atomic E-state index is 0.0649. The van der Waals surface area contributed by atoms with Crippen LogP contribution >= 0.6 is 11.6 Å². The number of nitrogens with one attached hydrogen (secondary N) is 1. The van der Waals surface area contributed by atoms with Gasteiger partial charge < -0.3 is 14.6 Å². The minimum atomic E-state index is -0.245. The topological polar surface area (TPSA) is 62.6 Å². The molecule has 4 rings (SSSR count). The van der Waals surface area contributed by atoms with E-state index in [4.69, 9.17) is 16.0 Å². The molecule has 2 heterocycles. The number of hydrogen-bond acceptors (Lipinski definition) is 3. The van der Waals surface area contributed by atoms with Crippen LogP contribution in [-0.2, 0) is 4.79 Å². The maximum Gasteiger partial charge on any atom is 0.289 e. The molecule has 29 heavy (non-hydrogen) atoms. The molecular formula is C23H21ClN2O3. The zero-order valence-electron chi connectivity index (χ0n) is 15.8. The van der Waals surface area contributed by atoms with Gasteiger partial charge >= 0.3 is 0 Å². The van der Waals surface area contributed by atoms with Crippen molar-refractivity contribution in [1.82, 2.24) is 4.90 Å². The first-order chi connectivity index (χ1) is 14.1. The fourth-order valence-corrected chi connectivity index (χ4v) is 3.78. The van der Waals surface area contributed by atoms with Crippen LogP contribution in [0.1, 0.15) is 23.4 Å². The summed E-state index contributed by atoms with van der Waals surface area (Å²) in [6, 6.07) is 20.1. The maximum absolute atomic E-state index is 12.9. The molecule has 5 nitrogen and oxygen atoms in total. The third kappa shape index (κ3) is 4.35. The summed E-state index contributed by atoms with van der Waals surface area (Å²) in [5.74, 6) is 0.287. The normalized spacial score (nSPS) is 16.4. The molecule has 1 aliphatic heterocycles. The van der Waals surface area contributed by atoms with Gasteiger partial charge in [-0.15, -0.1) is 0 Å². The van der Waals surface area contributed by atoms with Crippen LogP contribution in [0.4, 0.5) is 5.69 Å². The lowest BCUT2D eigenvalue weighted by molar-refractivity contribution is -0.121. The molecule has 1 saturated heterocycles. The highest BCUT2D eigenvalue weighted by molar-refractivity contribution is 6.33. The standard InChI is InChI=1S/C23H21ClN2O3/c24-19-11-5-4-10-18(19)20-12-13-21(29-20)23(28)26-14-6-7-16(15-26)22(27)25-17-8-2-1-3-9-17/h1-5,8-13,16H,6-7,14-15H2,(H,25,27). The summed E-state index contributed by atoms with van der Waals surface area (Å²) in [7, 11) is 0. The zero-order chi connectivity index (χ0) is 20.2. The molecule has 148 valence electrons. The molecule has 0 radical (unpaired) electrons. The predicted molar refractivity (Wildman–Crippen MR) is 113 cm³/mol. The molecule has 0 aliphatic carbocycles. The largest absolute Gasteiger partial charge is 0.451 e. The van der Waals surface area contributed by atoms with E-state index in [2.05, 4.69) is 5.32 Å². The van der Waals surface area contributed by atoms with E-state index < -0.39 is 0 Å². The SMILES string of the molecule is O=C(Nc1ccccc1)C1CCCN(C(=O)c2ccc(-c3ccccc3Cl)o2)C1. The number of para-hydroxylation sites is 1. The van der Waals surface area contributed by atoms with Crippen LogP contribution in [0.15, 0.2) is 71.1 Å². The Morgan fingerprint density at radius 3 is 2.55 bits per heavy atom. The second-order valence-corrected chi connectivity index (χ2v) is 7.50. The molecule has 2 aromatic carbocycles. The Morgan fingerprint density at radius 2 is 1.76 bits per heavy atom. The van der Waals surface area contributed by atoms with Gasteiger partial charge in [0.25, 0.3) is 5.91 Å². The second-order valence-electron chi connectivity index (χ2n) is 7.09. The van der Waals surface area contributed by atoms with Crippen molar-refractivity contribution in [1.29, 1.82) is 0 Å². The summed E-state index contributed by atoms with van der Waals surface area (Å²) in [5.41, 5.74) is 1.50. The van der Waals surface area contributed by atoms with Gasteiger partial charge in [0.05, 0.1) is 10.9 Å². The van der Waals surface area contributed by atoms with E-state index in [0.717, 1.165) is 24.1 Å². The Morgan fingerprint density at radius 1 is 1.00 bits per heavy atom. The average molecular weight is 409 g/mol. The number of amides is 2. The molecule has 2 amide bonds. The molecule has 1 aromatic heterocycles. The molecular weight excluding hydrogens is 388 g/mol. The van der Waals surface area contributed by atoms with Crippen molar-refractivity contribution in [3.8, 4) is 11.3 Å². The van der Waals surface area contributed by atoms with Crippen LogP contribution in [0, 0.1) is 5.92 Å². The first kappa shape index (κ1) is 19.3. The van der Waals surface area contributed by atoms with Gasteiger partial charge in [0.2, 0.25) is 5.91 Å². The fourth-order valence-electron chi connectivity index (χ4n) is 3.56. The number of benzene rings is 2. The number of furan rings is 1. The van der Waals surface area contributed by atoms with Gasteiger partial charge in [-0.3, -0.25) is 9.59 Å². The van der Waals surface area contributed by atoms with E-state index in [1.807, 2.05) is 48.5 Å². The Hall–Kier alpha value is -3.05. The number of likely N-dealkylation sites (tertiary alicyclic amines) is 1. The van der Waals surface area contributed by atoms with Crippen molar-refractivity contribution in [2.24, 2.45) is 5.92 Å². The van der Waals surface area contributed by atoms with Crippen molar-refractivity contribution in [2.75, 3.05) is 18.4 Å². The first-order valence-corrected chi connectivity index (χ1v) is 9.99. The van der Waals surface area contributed by atoms with Gasteiger partial charge in [0.15, 0.2) is 5.76 Å². The number of hydrogen-bond donors (Lipinski definition) is 1. The lowest BCUT2D eigenvalue weighted by Crippen LogP contribution is -2.43. The van der Waals surface area contributed by atoms with Crippen molar-refractivity contribution < 1.29 is 14.0 Å². The Labute approximate surface area is 174 Å². The predicted octanol–water partition coefficient (Wildman–Crippen LogP) is 5.09. The monoisotopic (exact) mass is 408 g/mol. The van der Waals surface area contributed by atoms with Gasteiger partial charge in [0.1, 0.15) is 5.76 Å². The van der Waals surface area contributed by atoms with E-state index in [9.17, 15) is 9.59 Å². The Balaban J connectivity index is 1.44. The first-order valence-electron chi connectivity index (χ1n) is 9.62. The molecule has 1 aliphatic rings. The second kappa shape index (κ2) is 8.53. The molecule has 1 fully saturated rings. The number of anilines is 1. The van der Waals surface area contributed by atoms with E-state index in [1.165, 1.54) is 0 Å². The van der Waals surface area contributed by atoms with Gasteiger partial charge in [-0.25, -0.2) is 0 Å². The molecule has 0 spiro atoms. The third-order valence-corrected chi connectivity index (χ3v) is 5.41. The Bertz CT molecular complexity index is 1020. The third-order valence-electron chi connectivity index (χ3n) is 5.08. The highest BCUT2D eigenvalue weighted by atomic mass is 35.5. The van der Waals surface area contributed by atoms with Crippen LogP contribution in [-0.4, -0.2) is 29.8 Å². The lowest BCUT2D eigenvalue weighted by Gasteiger charge is -2.31. The van der Waals surface area contributed by atoms with Gasteiger partial charge in [-0.2, -0.15) is 0 Å². The lowest BCUT2D eigenvalue weighted by atomic mass is 9.96. The van der Waals surface area contributed by atoms with Crippen LogP contribution < -0.4 is 5.32 Å². The number of piperidine rings is 1. The van der Waals surface area contributed by atoms with Crippen LogP contribution in [0.25, 0.3) is 11.3 Å². The van der Waals surface area contributed by atoms with Crippen molar-refractivity contribution in [3.05, 3.63) is 77.5 Å². The number of rotatable bonds is 4. The maximum atomic E-state index is 12.9. The molecule has 1 N–H and O–H groups in total. The van der Waals surface area contributed by atoms with Crippen molar-refractivity contribution in [3.63, 3.8) is 0 Å². The van der Waals surface area contributed by atoms with Crippen LogP contribution in [0.2, 0.25) is 5.02 Å². The van der Waals surface area contributed by atoms with Crippen molar-refractivity contribution >= 4 is 29.1 Å². The summed E-state index contributed by atoms with van der Waals surface area (Å²) < 4.78 is 5.78. The smallest absolute Gasteiger partial charge is 0.289 e. The van der Waals surface area contributed by atoms with E-state index in [1.54, 1.807) is 23.1 Å². The summed E-state index contributed by atoms with van der Waals surface area (Å²) in [6.07, 6.45) is 1.53. The molecule has 0 saturated carbocycles. The summed E-state index contributed by atoms with van der Waals surface area (Å²) in [6.45, 7) is 0.982. The molecule has 0 bridgehead atoms. The highest BCUT2D eigenvalue weighted by Crippen LogP contribution is 2.30. The Kier molecular flexibility index (Phi) is 5.67. The minimum Gasteiger partial charge on any atom is -0.451 e. The molecule has 1 unspecified atom stereocenters. The van der Waals surface area contributed by atoms with E-state index >= 15 is 0 Å². The van der Waals surface area contributed by atoms with Crippen LogP contribution in [0.5, 0.6) is 0 Å². The molecule has 6 heteroatoms. The van der Waals surface area contributed by atoms with E-state index in [0.29, 0.717) is 23.9 Å². The average Bonchev–Trinajstić information content (AvgIpc) is 3.24. The number of nitrogens with zero attached hydrogens (tertiary/aromatic N) is 1. The zero-order valence-corrected chi connectivity index (χ0v) is 16.6. The van der Waals surface area contributed by atoms with Gasteiger partial charge in [0, 0.05) is 24.3 Å². The van der Waals surface area contributed by atoms with Crippen LogP contribution in [0.3, 0.4) is 0 Å². The quantitative estimate of drug-likeness (QED) is 0.653. The number of carbonyl (C=O) groups is 2. The summed E-state index contributed by atoms with van der Waals surface area (Å²) in [4.78, 5) is 27.2. The fraction of sp³-hybridized carbons (Fsp3) is 0.217. The summed E-state index contributed by atoms with van der Waals surface area (Å²) in [5, 5.41) is 3.49. The highest BCUT2D eigenvalue weighted by Gasteiger charge is 2.30. The summed E-state index contributed by atoms with van der Waals surface area (Å²) >= 11 is 6.22. The number of halogens is 1.